The maximum absolute atomic E-state index is 11.0. The Labute approximate surface area is 120 Å². The van der Waals surface area contributed by atoms with Crippen LogP contribution in [0.1, 0.15) is 11.3 Å². The number of hydrogen-bond acceptors (Lipinski definition) is 4. The molecule has 0 aliphatic heterocycles. The summed E-state index contributed by atoms with van der Waals surface area (Å²) in [6.45, 7) is 1.10. The molecule has 7 heteroatoms. The molecule has 0 saturated carbocycles. The van der Waals surface area contributed by atoms with E-state index in [1.165, 1.54) is 6.07 Å². The van der Waals surface area contributed by atoms with Gasteiger partial charge < -0.3 is 9.73 Å². The Balaban J connectivity index is 1.89. The van der Waals surface area contributed by atoms with Gasteiger partial charge in [0.1, 0.15) is 5.76 Å². The molecule has 102 valence electrons. The van der Waals surface area contributed by atoms with Crippen molar-refractivity contribution < 1.29 is 12.8 Å². The molecule has 1 aromatic carbocycles. The molecule has 1 aromatic heterocycles. The Kier molecular flexibility index (Phi) is 4.41. The van der Waals surface area contributed by atoms with Gasteiger partial charge in [-0.1, -0.05) is 28.1 Å². The van der Waals surface area contributed by atoms with Crippen molar-refractivity contribution in [1.29, 1.82) is 0 Å². The highest BCUT2D eigenvalue weighted by Crippen LogP contribution is 2.13. The van der Waals surface area contributed by atoms with Crippen LogP contribution in [0, 0.1) is 0 Å². The minimum absolute atomic E-state index is 0.215. The summed E-state index contributed by atoms with van der Waals surface area (Å²) in [4.78, 5) is 0. The summed E-state index contributed by atoms with van der Waals surface area (Å²) >= 11 is 3.37. The van der Waals surface area contributed by atoms with Crippen molar-refractivity contribution in [2.24, 2.45) is 5.14 Å². The standard InChI is InChI=1S/C12H13BrN2O3S/c13-10-3-1-9(2-4-10)7-15-8-11-5-6-12(18-11)19(14,16)17/h1-6,15H,7-8H2,(H2,14,16,17). The topological polar surface area (TPSA) is 85.3 Å². The predicted octanol–water partition coefficient (Wildman–Crippen LogP) is 1.98. The van der Waals surface area contributed by atoms with Gasteiger partial charge in [-0.15, -0.1) is 0 Å². The fourth-order valence-corrected chi connectivity index (χ4v) is 2.28. The van der Waals surface area contributed by atoms with Gasteiger partial charge in [0.2, 0.25) is 5.09 Å². The zero-order valence-electron chi connectivity index (χ0n) is 9.97. The Morgan fingerprint density at radius 1 is 1.11 bits per heavy atom. The zero-order chi connectivity index (χ0) is 13.9. The average Bonchev–Trinajstić information content (AvgIpc) is 2.80. The molecule has 0 atom stereocenters. The van der Waals surface area contributed by atoms with Crippen LogP contribution < -0.4 is 10.5 Å². The molecule has 0 radical (unpaired) electrons. The Morgan fingerprint density at radius 3 is 2.37 bits per heavy atom. The van der Waals surface area contributed by atoms with Crippen LogP contribution >= 0.6 is 15.9 Å². The van der Waals surface area contributed by atoms with Crippen LogP contribution in [0.25, 0.3) is 0 Å². The summed E-state index contributed by atoms with van der Waals surface area (Å²) in [6.07, 6.45) is 0. The second-order valence-corrected chi connectivity index (χ2v) is 6.40. The first-order chi connectivity index (χ1) is 8.95. The first kappa shape index (κ1) is 14.3. The maximum atomic E-state index is 11.0. The molecule has 0 unspecified atom stereocenters. The van der Waals surface area contributed by atoms with Gasteiger partial charge in [-0.25, -0.2) is 13.6 Å². The number of benzene rings is 1. The van der Waals surface area contributed by atoms with Gasteiger partial charge in [-0.3, -0.25) is 0 Å². The van der Waals surface area contributed by atoms with Crippen molar-refractivity contribution in [3.63, 3.8) is 0 Å². The van der Waals surface area contributed by atoms with Gasteiger partial charge in [0, 0.05) is 11.0 Å². The van der Waals surface area contributed by atoms with Crippen molar-refractivity contribution in [2.75, 3.05) is 0 Å². The second kappa shape index (κ2) is 5.87. The third-order valence-electron chi connectivity index (χ3n) is 2.46. The normalized spacial score (nSPS) is 11.7. The van der Waals surface area contributed by atoms with E-state index in [4.69, 9.17) is 9.56 Å². The van der Waals surface area contributed by atoms with E-state index in [1.54, 1.807) is 6.07 Å². The first-order valence-electron chi connectivity index (χ1n) is 5.52. The minimum Gasteiger partial charge on any atom is -0.447 e. The lowest BCUT2D eigenvalue weighted by Gasteiger charge is -2.03. The molecule has 2 aromatic rings. The molecule has 0 spiro atoms. The van der Waals surface area contributed by atoms with Gasteiger partial charge in [-0.2, -0.15) is 0 Å². The number of nitrogens with two attached hydrogens (primary N) is 1. The Hall–Kier alpha value is -1.15. The molecule has 0 saturated heterocycles. The minimum atomic E-state index is -3.76. The number of halogens is 1. The van der Waals surface area contributed by atoms with Crippen molar-refractivity contribution in [3.8, 4) is 0 Å². The molecule has 2 rings (SSSR count). The fourth-order valence-electron chi connectivity index (χ4n) is 1.54. The van der Waals surface area contributed by atoms with Crippen LogP contribution in [0.5, 0.6) is 0 Å². The van der Waals surface area contributed by atoms with E-state index < -0.39 is 10.0 Å². The molecule has 0 bridgehead atoms. The van der Waals surface area contributed by atoms with E-state index in [0.717, 1.165) is 10.0 Å². The molecular weight excluding hydrogens is 332 g/mol. The van der Waals surface area contributed by atoms with Crippen LogP contribution in [0.2, 0.25) is 0 Å². The van der Waals surface area contributed by atoms with Crippen LogP contribution in [0.4, 0.5) is 0 Å². The largest absolute Gasteiger partial charge is 0.447 e. The van der Waals surface area contributed by atoms with Crippen molar-refractivity contribution in [1.82, 2.24) is 5.32 Å². The molecule has 0 aliphatic carbocycles. The predicted molar refractivity (Wildman–Crippen MR) is 74.8 cm³/mol. The quantitative estimate of drug-likeness (QED) is 0.868. The first-order valence-corrected chi connectivity index (χ1v) is 7.86. The maximum Gasteiger partial charge on any atom is 0.271 e. The number of nitrogens with one attached hydrogen (secondary N) is 1. The van der Waals surface area contributed by atoms with E-state index in [0.29, 0.717) is 18.8 Å². The SMILES string of the molecule is NS(=O)(=O)c1ccc(CNCc2ccc(Br)cc2)o1. The Bertz CT molecular complexity index is 650. The average molecular weight is 345 g/mol. The second-order valence-electron chi connectivity index (χ2n) is 4.00. The van der Waals surface area contributed by atoms with Crippen LogP contribution in [-0.4, -0.2) is 8.42 Å². The summed E-state index contributed by atoms with van der Waals surface area (Å²) in [5, 5.41) is 7.90. The van der Waals surface area contributed by atoms with Crippen LogP contribution in [0.3, 0.4) is 0 Å². The summed E-state index contributed by atoms with van der Waals surface area (Å²) in [6, 6.07) is 10.9. The van der Waals surface area contributed by atoms with Crippen molar-refractivity contribution in [3.05, 3.63) is 52.2 Å². The molecule has 19 heavy (non-hydrogen) atoms. The monoisotopic (exact) mass is 344 g/mol. The Morgan fingerprint density at radius 2 is 1.79 bits per heavy atom. The van der Waals surface area contributed by atoms with Gasteiger partial charge in [0.25, 0.3) is 10.0 Å². The van der Waals surface area contributed by atoms with Gasteiger partial charge >= 0.3 is 0 Å². The highest BCUT2D eigenvalue weighted by molar-refractivity contribution is 9.10. The molecule has 1 heterocycles. The lowest BCUT2D eigenvalue weighted by Crippen LogP contribution is -2.13. The number of primary sulfonamides is 1. The smallest absolute Gasteiger partial charge is 0.271 e. The third-order valence-corrected chi connectivity index (χ3v) is 3.77. The van der Waals surface area contributed by atoms with Crippen molar-refractivity contribution in [2.45, 2.75) is 18.2 Å². The number of furan rings is 1. The number of rotatable bonds is 5. The van der Waals surface area contributed by atoms with E-state index in [1.807, 2.05) is 24.3 Å². The highest BCUT2D eigenvalue weighted by atomic mass is 79.9. The van der Waals surface area contributed by atoms with E-state index in [2.05, 4.69) is 21.2 Å². The molecule has 5 nitrogen and oxygen atoms in total. The van der Waals surface area contributed by atoms with Gasteiger partial charge in [-0.05, 0) is 29.8 Å². The van der Waals surface area contributed by atoms with Gasteiger partial charge in [0.05, 0.1) is 6.54 Å². The zero-order valence-corrected chi connectivity index (χ0v) is 12.4. The summed E-state index contributed by atoms with van der Waals surface area (Å²) < 4.78 is 28.2. The van der Waals surface area contributed by atoms with Crippen LogP contribution in [0.15, 0.2) is 50.4 Å². The molecule has 0 fully saturated rings. The van der Waals surface area contributed by atoms with Crippen molar-refractivity contribution >= 4 is 26.0 Å². The van der Waals surface area contributed by atoms with E-state index in [-0.39, 0.29) is 5.09 Å². The van der Waals surface area contributed by atoms with E-state index in [9.17, 15) is 8.42 Å². The molecule has 0 aliphatic rings. The third kappa shape index (κ3) is 4.17. The summed E-state index contributed by atoms with van der Waals surface area (Å²) in [5.41, 5.74) is 1.13. The number of sulfonamides is 1. The highest BCUT2D eigenvalue weighted by Gasteiger charge is 2.12. The molecule has 3 N–H and O–H groups in total. The summed E-state index contributed by atoms with van der Waals surface area (Å²) in [5.74, 6) is 0.529. The van der Waals surface area contributed by atoms with E-state index >= 15 is 0 Å². The fraction of sp³-hybridized carbons (Fsp3) is 0.167. The van der Waals surface area contributed by atoms with Gasteiger partial charge in [0.15, 0.2) is 0 Å². The van der Waals surface area contributed by atoms with Crippen LogP contribution in [-0.2, 0) is 23.1 Å². The molecular formula is C12H13BrN2O3S. The lowest BCUT2D eigenvalue weighted by atomic mass is 10.2. The molecule has 0 amide bonds. The lowest BCUT2D eigenvalue weighted by molar-refractivity contribution is 0.402. The summed E-state index contributed by atoms with van der Waals surface area (Å²) in [7, 11) is -3.76. The number of hydrogen-bond donors (Lipinski definition) is 2.